The average molecular weight is 546 g/mol. The predicted molar refractivity (Wildman–Crippen MR) is 157 cm³/mol. The lowest BCUT2D eigenvalue weighted by Crippen LogP contribution is -2.27. The van der Waals surface area contributed by atoms with Crippen molar-refractivity contribution in [3.63, 3.8) is 0 Å². The largest absolute Gasteiger partial charge is 0.493 e. The highest BCUT2D eigenvalue weighted by Crippen LogP contribution is 2.30. The van der Waals surface area contributed by atoms with Crippen LogP contribution in [0.4, 0.5) is 0 Å². The molecule has 3 aromatic carbocycles. The number of methoxy groups -OCH3 is 2. The van der Waals surface area contributed by atoms with E-state index in [9.17, 15) is 9.59 Å². The molecule has 1 heterocycles. The van der Waals surface area contributed by atoms with Gasteiger partial charge < -0.3 is 24.7 Å². The first-order chi connectivity index (χ1) is 18.9. The maximum Gasteiger partial charge on any atom is 0.251 e. The van der Waals surface area contributed by atoms with Crippen LogP contribution in [0.2, 0.25) is 0 Å². The Labute approximate surface area is 233 Å². The highest BCUT2D eigenvalue weighted by atomic mass is 32.2. The van der Waals surface area contributed by atoms with Crippen LogP contribution >= 0.6 is 11.8 Å². The topological polar surface area (TPSA) is 81.6 Å². The molecular weight excluding hydrogens is 510 g/mol. The number of carbonyl (C=O) groups excluding carboxylic acids is 2. The smallest absolute Gasteiger partial charge is 0.251 e. The molecule has 0 aliphatic rings. The van der Waals surface area contributed by atoms with Gasteiger partial charge >= 0.3 is 0 Å². The minimum Gasteiger partial charge on any atom is -0.493 e. The van der Waals surface area contributed by atoms with Crippen LogP contribution in [0.3, 0.4) is 0 Å². The molecule has 0 atom stereocenters. The molecule has 4 aromatic rings. The van der Waals surface area contributed by atoms with Gasteiger partial charge in [-0.1, -0.05) is 41.5 Å². The van der Waals surface area contributed by atoms with Crippen molar-refractivity contribution >= 4 is 34.5 Å². The Morgan fingerprint density at radius 1 is 0.872 bits per heavy atom. The third kappa shape index (κ3) is 7.35. The molecule has 0 spiro atoms. The maximum absolute atomic E-state index is 12.6. The SMILES string of the molecule is COc1ccc(CCNC(=O)CSc2cn(CCNC(=O)c3cc(C)cc(C)c3)c3ccccc23)cc1OC. The number of thioether (sulfide) groups is 1. The van der Waals surface area contributed by atoms with Gasteiger partial charge in [-0.15, -0.1) is 11.8 Å². The molecule has 2 amide bonds. The van der Waals surface area contributed by atoms with Crippen molar-refractivity contribution in [2.24, 2.45) is 0 Å². The lowest BCUT2D eigenvalue weighted by Gasteiger charge is -2.10. The van der Waals surface area contributed by atoms with E-state index in [0.29, 0.717) is 48.9 Å². The summed E-state index contributed by atoms with van der Waals surface area (Å²) in [6, 6.07) is 19.8. The summed E-state index contributed by atoms with van der Waals surface area (Å²) in [5.74, 6) is 1.60. The molecule has 0 unspecified atom stereocenters. The highest BCUT2D eigenvalue weighted by molar-refractivity contribution is 8.00. The molecule has 0 fully saturated rings. The molecule has 0 bridgehead atoms. The van der Waals surface area contributed by atoms with E-state index < -0.39 is 0 Å². The summed E-state index contributed by atoms with van der Waals surface area (Å²) in [4.78, 5) is 26.3. The summed E-state index contributed by atoms with van der Waals surface area (Å²) >= 11 is 1.52. The second kappa shape index (κ2) is 13.2. The van der Waals surface area contributed by atoms with Crippen molar-refractivity contribution in [2.75, 3.05) is 33.1 Å². The standard InChI is InChI=1S/C31H35N3O4S/c1-21-15-22(2)17-24(16-21)31(36)33-13-14-34-19-29(25-7-5-6-8-26(25)34)39-20-30(35)32-12-11-23-9-10-27(37-3)28(18-23)38-4/h5-10,15-19H,11-14,20H2,1-4H3,(H,32,35)(H,33,36). The molecule has 0 saturated heterocycles. The summed E-state index contributed by atoms with van der Waals surface area (Å²) in [5, 5.41) is 7.14. The van der Waals surface area contributed by atoms with Crippen molar-refractivity contribution in [1.29, 1.82) is 0 Å². The minimum absolute atomic E-state index is 0.0157. The van der Waals surface area contributed by atoms with Crippen molar-refractivity contribution in [3.8, 4) is 11.5 Å². The van der Waals surface area contributed by atoms with Gasteiger partial charge in [0, 0.05) is 47.2 Å². The molecule has 0 radical (unpaired) electrons. The van der Waals surface area contributed by atoms with Gasteiger partial charge in [0.05, 0.1) is 20.0 Å². The maximum atomic E-state index is 12.6. The zero-order valence-electron chi connectivity index (χ0n) is 22.9. The first kappa shape index (κ1) is 28.1. The molecule has 0 saturated carbocycles. The van der Waals surface area contributed by atoms with Gasteiger partial charge in [-0.05, 0) is 56.2 Å². The van der Waals surface area contributed by atoms with E-state index >= 15 is 0 Å². The molecule has 7 nitrogen and oxygen atoms in total. The number of fused-ring (bicyclic) bond motifs is 1. The number of hydrogen-bond donors (Lipinski definition) is 2. The predicted octanol–water partition coefficient (Wildman–Crippen LogP) is 5.16. The number of benzene rings is 3. The number of aromatic nitrogens is 1. The van der Waals surface area contributed by atoms with Gasteiger partial charge in [-0.2, -0.15) is 0 Å². The van der Waals surface area contributed by atoms with Crippen LogP contribution in [0.1, 0.15) is 27.0 Å². The summed E-state index contributed by atoms with van der Waals surface area (Å²) < 4.78 is 12.8. The van der Waals surface area contributed by atoms with E-state index in [1.807, 2.05) is 56.3 Å². The van der Waals surface area contributed by atoms with Crippen LogP contribution in [-0.2, 0) is 17.8 Å². The quantitative estimate of drug-likeness (QED) is 0.241. The van der Waals surface area contributed by atoms with Gasteiger partial charge in [0.1, 0.15) is 0 Å². The van der Waals surface area contributed by atoms with Gasteiger partial charge in [-0.3, -0.25) is 9.59 Å². The lowest BCUT2D eigenvalue weighted by molar-refractivity contribution is -0.118. The Morgan fingerprint density at radius 2 is 1.62 bits per heavy atom. The first-order valence-corrected chi connectivity index (χ1v) is 13.9. The second-order valence-electron chi connectivity index (χ2n) is 9.41. The van der Waals surface area contributed by atoms with E-state index in [1.165, 1.54) is 11.8 Å². The molecule has 0 aliphatic heterocycles. The normalized spacial score (nSPS) is 10.9. The van der Waals surface area contributed by atoms with Gasteiger partial charge in [0.15, 0.2) is 11.5 Å². The Morgan fingerprint density at radius 3 is 2.36 bits per heavy atom. The molecule has 2 N–H and O–H groups in total. The van der Waals surface area contributed by atoms with Crippen LogP contribution in [0, 0.1) is 13.8 Å². The van der Waals surface area contributed by atoms with Gasteiger partial charge in [-0.25, -0.2) is 0 Å². The van der Waals surface area contributed by atoms with Crippen LogP contribution in [-0.4, -0.2) is 49.4 Å². The Kier molecular flexibility index (Phi) is 9.54. The number of nitrogens with one attached hydrogen (secondary N) is 2. The van der Waals surface area contributed by atoms with E-state index in [2.05, 4.69) is 39.6 Å². The number of carbonyl (C=O) groups is 2. The number of amides is 2. The third-order valence-corrected chi connectivity index (χ3v) is 7.46. The fourth-order valence-electron chi connectivity index (χ4n) is 4.59. The second-order valence-corrected chi connectivity index (χ2v) is 10.4. The van der Waals surface area contributed by atoms with Crippen molar-refractivity contribution in [1.82, 2.24) is 15.2 Å². The Bertz CT molecular complexity index is 1440. The van der Waals surface area contributed by atoms with Crippen molar-refractivity contribution in [3.05, 3.63) is 89.1 Å². The van der Waals surface area contributed by atoms with Gasteiger partial charge in [0.2, 0.25) is 5.91 Å². The number of nitrogens with zero attached hydrogens (tertiary/aromatic N) is 1. The Hall–Kier alpha value is -3.91. The van der Waals surface area contributed by atoms with E-state index in [0.717, 1.165) is 32.5 Å². The van der Waals surface area contributed by atoms with E-state index in [4.69, 9.17) is 9.47 Å². The fourth-order valence-corrected chi connectivity index (χ4v) is 5.51. The minimum atomic E-state index is -0.0717. The molecule has 4 rings (SSSR count). The van der Waals surface area contributed by atoms with Crippen molar-refractivity contribution in [2.45, 2.75) is 31.7 Å². The number of para-hydroxylation sites is 1. The zero-order valence-corrected chi connectivity index (χ0v) is 23.7. The van der Waals surface area contributed by atoms with Crippen LogP contribution in [0.25, 0.3) is 10.9 Å². The molecule has 39 heavy (non-hydrogen) atoms. The van der Waals surface area contributed by atoms with Gasteiger partial charge in [0.25, 0.3) is 5.91 Å². The fraction of sp³-hybridized carbons (Fsp3) is 0.290. The van der Waals surface area contributed by atoms with Crippen molar-refractivity contribution < 1.29 is 19.1 Å². The summed E-state index contributed by atoms with van der Waals surface area (Å²) in [5.41, 5.74) is 4.97. The summed E-state index contributed by atoms with van der Waals surface area (Å²) in [6.07, 6.45) is 2.76. The summed E-state index contributed by atoms with van der Waals surface area (Å²) in [7, 11) is 3.22. The molecule has 1 aromatic heterocycles. The van der Waals surface area contributed by atoms with E-state index in [1.54, 1.807) is 14.2 Å². The average Bonchev–Trinajstić information content (AvgIpc) is 3.28. The molecule has 8 heteroatoms. The highest BCUT2D eigenvalue weighted by Gasteiger charge is 2.12. The van der Waals surface area contributed by atoms with Crippen LogP contribution in [0.5, 0.6) is 11.5 Å². The lowest BCUT2D eigenvalue weighted by atomic mass is 10.1. The van der Waals surface area contributed by atoms with E-state index in [-0.39, 0.29) is 11.8 Å². The molecule has 204 valence electrons. The van der Waals surface area contributed by atoms with Crippen LogP contribution < -0.4 is 20.1 Å². The van der Waals surface area contributed by atoms with Crippen LogP contribution in [0.15, 0.2) is 71.8 Å². The zero-order chi connectivity index (χ0) is 27.8. The Balaban J connectivity index is 1.30. The molecular formula is C31H35N3O4S. The number of rotatable bonds is 12. The third-order valence-electron chi connectivity index (χ3n) is 6.42. The monoisotopic (exact) mass is 545 g/mol. The molecule has 0 aliphatic carbocycles. The summed E-state index contributed by atoms with van der Waals surface area (Å²) in [6.45, 7) is 5.66. The number of hydrogen-bond acceptors (Lipinski definition) is 5. The number of ether oxygens (including phenoxy) is 2. The number of aryl methyl sites for hydroxylation is 2. The first-order valence-electron chi connectivity index (χ1n) is 12.9.